The molecule has 0 aliphatic carbocycles. The van der Waals surface area contributed by atoms with E-state index >= 15 is 0 Å². The second-order valence-electron chi connectivity index (χ2n) is 4.31. The Morgan fingerprint density at radius 1 is 1.42 bits per heavy atom. The molecule has 0 aromatic carbocycles. The predicted octanol–water partition coefficient (Wildman–Crippen LogP) is 1.82. The van der Waals surface area contributed by atoms with E-state index in [1.54, 1.807) is 11.3 Å². The van der Waals surface area contributed by atoms with Crippen molar-refractivity contribution < 1.29 is 0 Å². The van der Waals surface area contributed by atoms with Gasteiger partial charge in [-0.1, -0.05) is 12.2 Å². The lowest BCUT2D eigenvalue weighted by molar-refractivity contribution is 0.834. The third kappa shape index (κ3) is 2.87. The van der Waals surface area contributed by atoms with Gasteiger partial charge >= 0.3 is 0 Å². The summed E-state index contributed by atoms with van der Waals surface area (Å²) in [5.41, 5.74) is 11.2. The summed E-state index contributed by atoms with van der Waals surface area (Å²) >= 11 is 6.70. The highest BCUT2D eigenvalue weighted by Gasteiger charge is 2.17. The topological polar surface area (TPSA) is 67.9 Å². The molecule has 0 amide bonds. The minimum absolute atomic E-state index is 0.343. The minimum Gasteiger partial charge on any atom is -0.389 e. The van der Waals surface area contributed by atoms with Crippen LogP contribution in [0, 0.1) is 13.8 Å². The SMILES string of the molecule is Cc1nnc(N(C)Cc2cscn2)c(C(N)=S)c1C. The normalized spacial score (nSPS) is 10.5. The summed E-state index contributed by atoms with van der Waals surface area (Å²) in [6.07, 6.45) is 0. The number of nitrogens with zero attached hydrogens (tertiary/aromatic N) is 4. The summed E-state index contributed by atoms with van der Waals surface area (Å²) in [6.45, 7) is 4.50. The zero-order valence-corrected chi connectivity index (χ0v) is 12.7. The van der Waals surface area contributed by atoms with E-state index in [2.05, 4.69) is 15.2 Å². The van der Waals surface area contributed by atoms with Crippen molar-refractivity contribution in [2.45, 2.75) is 20.4 Å². The number of aromatic nitrogens is 3. The van der Waals surface area contributed by atoms with E-state index in [0.717, 1.165) is 22.5 Å². The highest BCUT2D eigenvalue weighted by Crippen LogP contribution is 2.22. The molecular weight excluding hydrogens is 278 g/mol. The van der Waals surface area contributed by atoms with Crippen LogP contribution in [0.15, 0.2) is 10.9 Å². The molecule has 0 spiro atoms. The van der Waals surface area contributed by atoms with Gasteiger partial charge in [0.15, 0.2) is 5.82 Å². The van der Waals surface area contributed by atoms with Crippen LogP contribution in [0.1, 0.15) is 22.5 Å². The summed E-state index contributed by atoms with van der Waals surface area (Å²) in [7, 11) is 1.93. The fourth-order valence-electron chi connectivity index (χ4n) is 1.79. The molecule has 19 heavy (non-hydrogen) atoms. The van der Waals surface area contributed by atoms with Crippen LogP contribution in [0.25, 0.3) is 0 Å². The van der Waals surface area contributed by atoms with Crippen molar-refractivity contribution in [3.8, 4) is 0 Å². The maximum atomic E-state index is 5.82. The maximum absolute atomic E-state index is 5.82. The third-order valence-corrected chi connectivity index (χ3v) is 3.77. The fraction of sp³-hybridized carbons (Fsp3) is 0.333. The van der Waals surface area contributed by atoms with Crippen LogP contribution in [0.2, 0.25) is 0 Å². The van der Waals surface area contributed by atoms with Gasteiger partial charge in [-0.2, -0.15) is 5.10 Å². The predicted molar refractivity (Wildman–Crippen MR) is 81.6 cm³/mol. The second-order valence-corrected chi connectivity index (χ2v) is 5.47. The number of hydrogen-bond donors (Lipinski definition) is 1. The van der Waals surface area contributed by atoms with Crippen LogP contribution in [-0.2, 0) is 6.54 Å². The van der Waals surface area contributed by atoms with Gasteiger partial charge in [-0.15, -0.1) is 16.4 Å². The lowest BCUT2D eigenvalue weighted by atomic mass is 10.1. The molecule has 0 unspecified atom stereocenters. The highest BCUT2D eigenvalue weighted by molar-refractivity contribution is 7.80. The van der Waals surface area contributed by atoms with Crippen molar-refractivity contribution in [1.82, 2.24) is 15.2 Å². The van der Waals surface area contributed by atoms with Gasteiger partial charge in [0.05, 0.1) is 29.0 Å². The highest BCUT2D eigenvalue weighted by atomic mass is 32.1. The number of hydrogen-bond acceptors (Lipinski definition) is 6. The maximum Gasteiger partial charge on any atom is 0.161 e. The average molecular weight is 293 g/mol. The smallest absolute Gasteiger partial charge is 0.161 e. The molecule has 0 atom stereocenters. The Bertz CT molecular complexity index is 594. The summed E-state index contributed by atoms with van der Waals surface area (Å²) < 4.78 is 0. The van der Waals surface area contributed by atoms with Crippen LogP contribution in [0.4, 0.5) is 5.82 Å². The average Bonchev–Trinajstić information content (AvgIpc) is 2.84. The van der Waals surface area contributed by atoms with Crippen molar-refractivity contribution in [3.05, 3.63) is 33.4 Å². The molecule has 2 aromatic rings. The van der Waals surface area contributed by atoms with Crippen LogP contribution < -0.4 is 10.6 Å². The second kappa shape index (κ2) is 5.58. The summed E-state index contributed by atoms with van der Waals surface area (Å²) in [5.74, 6) is 0.698. The third-order valence-electron chi connectivity index (χ3n) is 2.93. The van der Waals surface area contributed by atoms with Gasteiger partial charge in [0.1, 0.15) is 4.99 Å². The fourth-order valence-corrected chi connectivity index (χ4v) is 2.59. The first kappa shape index (κ1) is 13.8. The number of thiocarbonyl (C=S) groups is 1. The van der Waals surface area contributed by atoms with E-state index in [1.165, 1.54) is 0 Å². The Morgan fingerprint density at radius 3 is 2.74 bits per heavy atom. The van der Waals surface area contributed by atoms with Crippen molar-refractivity contribution >= 4 is 34.4 Å². The Labute approximate surface area is 121 Å². The van der Waals surface area contributed by atoms with Gasteiger partial charge in [-0.25, -0.2) is 4.98 Å². The Hall–Kier alpha value is -1.60. The molecule has 0 aliphatic heterocycles. The van der Waals surface area contributed by atoms with Crippen LogP contribution in [-0.4, -0.2) is 27.2 Å². The van der Waals surface area contributed by atoms with Crippen molar-refractivity contribution in [2.24, 2.45) is 5.73 Å². The zero-order valence-electron chi connectivity index (χ0n) is 11.0. The summed E-state index contributed by atoms with van der Waals surface area (Å²) in [4.78, 5) is 6.57. The molecule has 100 valence electrons. The molecule has 7 heteroatoms. The van der Waals surface area contributed by atoms with Crippen molar-refractivity contribution in [1.29, 1.82) is 0 Å². The lowest BCUT2D eigenvalue weighted by Gasteiger charge is -2.21. The molecule has 2 heterocycles. The zero-order chi connectivity index (χ0) is 14.0. The van der Waals surface area contributed by atoms with Gasteiger partial charge in [0.2, 0.25) is 0 Å². The van der Waals surface area contributed by atoms with E-state index in [0.29, 0.717) is 17.4 Å². The minimum atomic E-state index is 0.343. The van der Waals surface area contributed by atoms with Crippen LogP contribution >= 0.6 is 23.6 Å². The quantitative estimate of drug-likeness (QED) is 0.867. The van der Waals surface area contributed by atoms with Crippen LogP contribution in [0.3, 0.4) is 0 Å². The molecule has 0 saturated carbocycles. The first-order valence-electron chi connectivity index (χ1n) is 5.72. The summed E-state index contributed by atoms with van der Waals surface area (Å²) in [5, 5.41) is 10.4. The molecule has 2 rings (SSSR count). The number of thiazole rings is 1. The Kier molecular flexibility index (Phi) is 4.06. The lowest BCUT2D eigenvalue weighted by Crippen LogP contribution is -2.25. The van der Waals surface area contributed by atoms with Crippen molar-refractivity contribution in [2.75, 3.05) is 11.9 Å². The van der Waals surface area contributed by atoms with E-state index in [9.17, 15) is 0 Å². The molecule has 5 nitrogen and oxygen atoms in total. The first-order chi connectivity index (χ1) is 9.00. The van der Waals surface area contributed by atoms with Gasteiger partial charge in [-0.3, -0.25) is 0 Å². The molecule has 0 aliphatic rings. The van der Waals surface area contributed by atoms with E-state index in [4.69, 9.17) is 18.0 Å². The van der Waals surface area contributed by atoms with E-state index in [-0.39, 0.29) is 0 Å². The van der Waals surface area contributed by atoms with Gasteiger partial charge in [-0.05, 0) is 19.4 Å². The molecule has 0 bridgehead atoms. The van der Waals surface area contributed by atoms with Gasteiger partial charge < -0.3 is 10.6 Å². The number of aryl methyl sites for hydroxylation is 1. The Morgan fingerprint density at radius 2 is 2.16 bits per heavy atom. The molecule has 0 radical (unpaired) electrons. The van der Waals surface area contributed by atoms with E-state index < -0.39 is 0 Å². The standard InChI is InChI=1S/C12H15N5S2/c1-7-8(2)15-16-12(10(7)11(13)18)17(3)4-9-5-19-6-14-9/h5-6H,4H2,1-3H3,(H2,13,18). The molecule has 0 fully saturated rings. The monoisotopic (exact) mass is 293 g/mol. The molecular formula is C12H15N5S2. The van der Waals surface area contributed by atoms with E-state index in [1.807, 2.05) is 36.7 Å². The van der Waals surface area contributed by atoms with Gasteiger partial charge in [0, 0.05) is 12.4 Å². The molecule has 0 saturated heterocycles. The molecule has 2 aromatic heterocycles. The molecule has 2 N–H and O–H groups in total. The number of anilines is 1. The number of rotatable bonds is 4. The first-order valence-corrected chi connectivity index (χ1v) is 7.07. The largest absolute Gasteiger partial charge is 0.389 e. The number of nitrogens with two attached hydrogens (primary N) is 1. The Balaban J connectivity index is 2.38. The van der Waals surface area contributed by atoms with Gasteiger partial charge in [0.25, 0.3) is 0 Å². The van der Waals surface area contributed by atoms with Crippen molar-refractivity contribution in [3.63, 3.8) is 0 Å². The summed E-state index contributed by atoms with van der Waals surface area (Å²) in [6, 6.07) is 0. The van der Waals surface area contributed by atoms with Crippen LogP contribution in [0.5, 0.6) is 0 Å².